The molecule has 2 amide bonds. The van der Waals surface area contributed by atoms with Gasteiger partial charge in [-0.1, -0.05) is 49.9 Å². The second kappa shape index (κ2) is 20.2. The van der Waals surface area contributed by atoms with Gasteiger partial charge in [0.1, 0.15) is 12.4 Å². The van der Waals surface area contributed by atoms with Crippen LogP contribution in [0.5, 0.6) is 5.75 Å². The largest absolute Gasteiger partial charge is 0.494 e. The zero-order valence-electron chi connectivity index (χ0n) is 30.1. The van der Waals surface area contributed by atoms with Crippen molar-refractivity contribution >= 4 is 11.8 Å². The fraction of sp³-hybridized carbons (Fsp3) is 0.590. The van der Waals surface area contributed by atoms with Crippen molar-refractivity contribution in [3.05, 3.63) is 76.5 Å². The topological polar surface area (TPSA) is 125 Å². The van der Waals surface area contributed by atoms with Gasteiger partial charge in [0.05, 0.1) is 24.4 Å². The van der Waals surface area contributed by atoms with Gasteiger partial charge < -0.3 is 30.7 Å². The molecule has 2 aliphatic rings. The van der Waals surface area contributed by atoms with E-state index in [1.807, 2.05) is 50.5 Å². The van der Waals surface area contributed by atoms with Crippen molar-refractivity contribution in [1.82, 2.24) is 21.3 Å². The number of unbranched alkanes of at least 4 members (excludes halogenated alkanes) is 2. The number of nitrogens with zero attached hydrogens (tertiary/aromatic N) is 2. The molecule has 1 aliphatic carbocycles. The Balaban J connectivity index is 1.14. The first-order valence-corrected chi connectivity index (χ1v) is 18.2. The van der Waals surface area contributed by atoms with E-state index in [0.717, 1.165) is 94.2 Å². The minimum absolute atomic E-state index is 0.0231. The smallest absolute Gasteiger partial charge is 0.251 e. The molecule has 10 heteroatoms. The Labute approximate surface area is 293 Å². The highest BCUT2D eigenvalue weighted by atomic mass is 16.5. The van der Waals surface area contributed by atoms with Gasteiger partial charge in [-0.15, -0.1) is 0 Å². The highest BCUT2D eigenvalue weighted by Gasteiger charge is 2.27. The molecule has 4 rings (SSSR count). The number of carbonyl (C=O) groups is 2. The zero-order chi connectivity index (χ0) is 34.9. The number of benzene rings is 2. The molecule has 268 valence electrons. The van der Waals surface area contributed by atoms with Crippen LogP contribution >= 0.6 is 0 Å². The quantitative estimate of drug-likeness (QED) is 0.124. The van der Waals surface area contributed by atoms with Crippen molar-refractivity contribution in [2.75, 3.05) is 33.9 Å². The zero-order valence-corrected chi connectivity index (χ0v) is 30.1. The van der Waals surface area contributed by atoms with E-state index >= 15 is 0 Å². The molecular formula is C39H58N6O4. The van der Waals surface area contributed by atoms with Crippen LogP contribution in [0.3, 0.4) is 0 Å². The van der Waals surface area contributed by atoms with Crippen LogP contribution in [0.15, 0.2) is 70.0 Å². The first kappa shape index (κ1) is 38.2. The van der Waals surface area contributed by atoms with Crippen LogP contribution in [-0.2, 0) is 22.6 Å². The lowest BCUT2D eigenvalue weighted by Gasteiger charge is -2.29. The lowest BCUT2D eigenvalue weighted by atomic mass is 9.88. The molecule has 0 saturated carbocycles. The summed E-state index contributed by atoms with van der Waals surface area (Å²) >= 11 is 0. The molecule has 2 atom stereocenters. The van der Waals surface area contributed by atoms with Crippen LogP contribution in [0.25, 0.3) is 0 Å². The first-order chi connectivity index (χ1) is 23.8. The third-order valence-corrected chi connectivity index (χ3v) is 9.53. The summed E-state index contributed by atoms with van der Waals surface area (Å²) in [5.41, 5.74) is 5.23. The number of hydrogen-bond acceptors (Lipinski definition) is 8. The summed E-state index contributed by atoms with van der Waals surface area (Å²) in [5.74, 6) is 0.605. The Hall–Kier alpha value is -3.60. The number of ether oxygens (including phenoxy) is 2. The standard InChI is InChI=1S/C39H58N6O4/c1-39(2,41-4)22-24-48-33-20-18-31(19-21-33)38(47)42-23-10-6-7-11-32-25-34-35(45-44-32)12-8-5-9-13-36(34)49-28-37(46)43-27-30-16-14-29(15-17-30)26-40-3/h14-21,32,36,40-41H,5-13,22-28H2,1-4H3,(H,42,47)(H,43,46). The molecule has 2 unspecified atom stereocenters. The van der Waals surface area contributed by atoms with Crippen molar-refractivity contribution in [2.24, 2.45) is 10.2 Å². The molecule has 0 radical (unpaired) electrons. The summed E-state index contributed by atoms with van der Waals surface area (Å²) < 4.78 is 12.1. The van der Waals surface area contributed by atoms with E-state index in [4.69, 9.17) is 9.47 Å². The van der Waals surface area contributed by atoms with Gasteiger partial charge in [0.25, 0.3) is 5.91 Å². The average Bonchev–Trinajstić information content (AvgIpc) is 3.10. The van der Waals surface area contributed by atoms with E-state index in [1.54, 1.807) is 0 Å². The van der Waals surface area contributed by atoms with Crippen molar-refractivity contribution in [3.63, 3.8) is 0 Å². The number of hydrogen-bond donors (Lipinski definition) is 4. The summed E-state index contributed by atoms with van der Waals surface area (Å²) in [5, 5.41) is 21.8. The van der Waals surface area contributed by atoms with Crippen LogP contribution in [0.2, 0.25) is 0 Å². The normalized spacial score (nSPS) is 18.0. The van der Waals surface area contributed by atoms with E-state index in [9.17, 15) is 9.59 Å². The third kappa shape index (κ3) is 13.3. The number of amides is 2. The van der Waals surface area contributed by atoms with Gasteiger partial charge >= 0.3 is 0 Å². The Morgan fingerprint density at radius 1 is 0.898 bits per heavy atom. The van der Waals surface area contributed by atoms with Crippen LogP contribution in [0.4, 0.5) is 0 Å². The highest BCUT2D eigenvalue weighted by molar-refractivity contribution is 5.94. The van der Waals surface area contributed by atoms with Crippen molar-refractivity contribution in [1.29, 1.82) is 0 Å². The second-order valence-electron chi connectivity index (χ2n) is 13.9. The number of nitrogens with one attached hydrogen (secondary N) is 4. The van der Waals surface area contributed by atoms with Gasteiger partial charge in [-0.25, -0.2) is 0 Å². The van der Waals surface area contributed by atoms with Crippen LogP contribution in [0, 0.1) is 0 Å². The van der Waals surface area contributed by atoms with Gasteiger partial charge in [-0.3, -0.25) is 9.59 Å². The SMILES string of the molecule is CNCc1ccc(CNC(=O)COC2CCCCCC3=C2CC(CCCCCNC(=O)c2ccc(OCCC(C)(C)NC)cc2)N=N3)cc1. The molecule has 0 saturated heterocycles. The Bertz CT molecular complexity index is 1370. The third-order valence-electron chi connectivity index (χ3n) is 9.53. The summed E-state index contributed by atoms with van der Waals surface area (Å²) in [4.78, 5) is 25.3. The molecule has 2 aromatic carbocycles. The van der Waals surface area contributed by atoms with Crippen molar-refractivity contribution in [3.8, 4) is 5.75 Å². The fourth-order valence-corrected chi connectivity index (χ4v) is 6.12. The summed E-state index contributed by atoms with van der Waals surface area (Å²) in [6.45, 7) is 6.88. The predicted octanol–water partition coefficient (Wildman–Crippen LogP) is 6.61. The summed E-state index contributed by atoms with van der Waals surface area (Å²) in [6.07, 6.45) is 10.7. The maximum atomic E-state index is 12.7. The summed E-state index contributed by atoms with van der Waals surface area (Å²) in [6, 6.07) is 15.7. The van der Waals surface area contributed by atoms with E-state index in [2.05, 4.69) is 57.5 Å². The van der Waals surface area contributed by atoms with Crippen LogP contribution < -0.4 is 26.0 Å². The lowest BCUT2D eigenvalue weighted by molar-refractivity contribution is -0.127. The maximum absolute atomic E-state index is 12.7. The molecule has 10 nitrogen and oxygen atoms in total. The minimum Gasteiger partial charge on any atom is -0.494 e. The number of rotatable bonds is 19. The van der Waals surface area contributed by atoms with Crippen molar-refractivity contribution in [2.45, 2.75) is 115 Å². The molecule has 49 heavy (non-hydrogen) atoms. The second-order valence-corrected chi connectivity index (χ2v) is 13.9. The number of azo groups is 1. The molecule has 0 aromatic heterocycles. The van der Waals surface area contributed by atoms with Crippen LogP contribution in [0.1, 0.15) is 106 Å². The van der Waals surface area contributed by atoms with E-state index in [1.165, 1.54) is 11.1 Å². The van der Waals surface area contributed by atoms with E-state index in [-0.39, 0.29) is 36.1 Å². The molecule has 0 fully saturated rings. The van der Waals surface area contributed by atoms with Gasteiger partial charge in [-0.05, 0) is 114 Å². The molecule has 1 heterocycles. The number of carbonyl (C=O) groups excluding carboxylic acids is 2. The lowest BCUT2D eigenvalue weighted by Crippen LogP contribution is -2.37. The van der Waals surface area contributed by atoms with Crippen LogP contribution in [-0.4, -0.2) is 63.4 Å². The molecule has 0 spiro atoms. The van der Waals surface area contributed by atoms with Crippen molar-refractivity contribution < 1.29 is 19.1 Å². The van der Waals surface area contributed by atoms with E-state index < -0.39 is 0 Å². The summed E-state index contributed by atoms with van der Waals surface area (Å²) in [7, 11) is 3.88. The highest BCUT2D eigenvalue weighted by Crippen LogP contribution is 2.34. The molecule has 4 N–H and O–H groups in total. The van der Waals surface area contributed by atoms with Gasteiger partial charge in [0.15, 0.2) is 0 Å². The predicted molar refractivity (Wildman–Crippen MR) is 195 cm³/mol. The minimum atomic E-state index is -0.101. The maximum Gasteiger partial charge on any atom is 0.251 e. The molecular weight excluding hydrogens is 616 g/mol. The fourth-order valence-electron chi connectivity index (χ4n) is 6.12. The Morgan fingerprint density at radius 3 is 2.39 bits per heavy atom. The monoisotopic (exact) mass is 674 g/mol. The molecule has 1 aliphatic heterocycles. The first-order valence-electron chi connectivity index (χ1n) is 18.2. The average molecular weight is 675 g/mol. The molecule has 0 bridgehead atoms. The van der Waals surface area contributed by atoms with Gasteiger partial charge in [-0.2, -0.15) is 10.2 Å². The number of allylic oxidation sites excluding steroid dienone is 1. The Morgan fingerprint density at radius 2 is 1.65 bits per heavy atom. The van der Waals surface area contributed by atoms with E-state index in [0.29, 0.717) is 25.3 Å². The molecule has 2 aromatic rings. The van der Waals surface area contributed by atoms with Gasteiger partial charge in [0, 0.05) is 30.7 Å². The Kier molecular flexibility index (Phi) is 15.7. The van der Waals surface area contributed by atoms with Gasteiger partial charge in [0.2, 0.25) is 5.91 Å².